The van der Waals surface area contributed by atoms with Crippen LogP contribution >= 0.6 is 0 Å². The Morgan fingerprint density at radius 3 is 2.75 bits per heavy atom. The molecule has 2 aromatic rings. The van der Waals surface area contributed by atoms with Crippen molar-refractivity contribution in [2.75, 3.05) is 0 Å². The first kappa shape index (κ1) is 4.45. The fourth-order valence-corrected chi connectivity index (χ4v) is 1.04. The normalized spacial score (nSPS) is 14.8. The van der Waals surface area contributed by atoms with Crippen LogP contribution in [0.15, 0.2) is 42.7 Å². The van der Waals surface area contributed by atoms with Gasteiger partial charge in [0, 0.05) is 16.5 Å². The molecule has 0 unspecified atom stereocenters. The van der Waals surface area contributed by atoms with Crippen LogP contribution in [0.4, 0.5) is 0 Å². The average molecular weight is 161 g/mol. The third-order valence-corrected chi connectivity index (χ3v) is 1.64. The second-order valence-corrected chi connectivity index (χ2v) is 2.50. The van der Waals surface area contributed by atoms with Crippen molar-refractivity contribution in [1.82, 2.24) is 9.78 Å². The van der Waals surface area contributed by atoms with Gasteiger partial charge in [-0.3, -0.25) is 0 Å². The van der Waals surface area contributed by atoms with E-state index in [1.165, 1.54) is 0 Å². The Hall–Kier alpha value is -1.57. The summed E-state index contributed by atoms with van der Waals surface area (Å²) in [6.07, 6.45) is 3.49. The van der Waals surface area contributed by atoms with Crippen molar-refractivity contribution in [2.45, 2.75) is 6.85 Å². The van der Waals surface area contributed by atoms with E-state index in [0.29, 0.717) is 5.56 Å². The predicted octanol–water partition coefficient (Wildman–Crippen LogP) is 2.18. The van der Waals surface area contributed by atoms with Crippen molar-refractivity contribution < 1.29 is 4.11 Å². The van der Waals surface area contributed by atoms with Crippen LogP contribution < -0.4 is 0 Å². The summed E-state index contributed by atoms with van der Waals surface area (Å²) in [7, 11) is 0. The van der Waals surface area contributed by atoms with Gasteiger partial charge in [0.25, 0.3) is 0 Å². The molecule has 60 valence electrons. The Morgan fingerprint density at radius 2 is 2.17 bits per heavy atom. The number of hydrogen-bond acceptors (Lipinski definition) is 1. The zero-order valence-corrected chi connectivity index (χ0v) is 6.44. The molecule has 0 spiro atoms. The van der Waals surface area contributed by atoms with Crippen molar-refractivity contribution in [3.63, 3.8) is 0 Å². The second kappa shape index (κ2) is 2.81. The molecule has 12 heavy (non-hydrogen) atoms. The number of aromatic nitrogens is 2. The van der Waals surface area contributed by atoms with Gasteiger partial charge in [0.2, 0.25) is 0 Å². The molecule has 2 nitrogen and oxygen atoms in total. The molecule has 0 N–H and O–H groups in total. The lowest BCUT2D eigenvalue weighted by atomic mass is 10.2. The van der Waals surface area contributed by atoms with Crippen LogP contribution in [0.5, 0.6) is 0 Å². The maximum absolute atomic E-state index is 7.23. The van der Waals surface area contributed by atoms with Crippen LogP contribution in [0.2, 0.25) is 0 Å². The molecule has 0 saturated heterocycles. The van der Waals surface area contributed by atoms with E-state index < -0.39 is 6.85 Å². The minimum atomic E-state index is -2.04. The molecule has 1 heterocycles. The molecule has 0 amide bonds. The summed E-state index contributed by atoms with van der Waals surface area (Å²) in [6, 6.07) is 8.51. The highest BCUT2D eigenvalue weighted by Crippen LogP contribution is 2.06. The summed E-state index contributed by atoms with van der Waals surface area (Å²) in [6.45, 7) is -2.04. The quantitative estimate of drug-likeness (QED) is 0.626. The summed E-state index contributed by atoms with van der Waals surface area (Å²) in [5, 5.41) is 4.05. The first-order valence-electron chi connectivity index (χ1n) is 5.18. The van der Waals surface area contributed by atoms with Crippen molar-refractivity contribution in [1.29, 1.82) is 0 Å². The summed E-state index contributed by atoms with van der Waals surface area (Å²) >= 11 is 0. The highest BCUT2D eigenvalue weighted by molar-refractivity contribution is 5.33. The molecule has 1 aromatic heterocycles. The van der Waals surface area contributed by atoms with Crippen LogP contribution in [0.25, 0.3) is 5.69 Å². The van der Waals surface area contributed by atoms with Gasteiger partial charge in [-0.05, 0) is 25.1 Å². The first-order chi connectivity index (χ1) is 7.07. The molecular weight excluding hydrogens is 148 g/mol. The minimum absolute atomic E-state index is 0.346. The van der Waals surface area contributed by atoms with E-state index in [1.807, 2.05) is 12.3 Å². The Morgan fingerprint density at radius 1 is 1.33 bits per heavy atom. The van der Waals surface area contributed by atoms with E-state index in [4.69, 9.17) is 4.11 Å². The topological polar surface area (TPSA) is 17.8 Å². The molecule has 0 saturated carbocycles. The van der Waals surface area contributed by atoms with E-state index in [-0.39, 0.29) is 0 Å². The van der Waals surface area contributed by atoms with Crippen LogP contribution in [-0.2, 0) is 0 Å². The van der Waals surface area contributed by atoms with Gasteiger partial charge in [0.05, 0.1) is 5.69 Å². The van der Waals surface area contributed by atoms with Gasteiger partial charge < -0.3 is 0 Å². The number of aryl methyl sites for hydroxylation is 1. The standard InChI is InChI=1S/C10H10N2/c1-9-3-5-10(6-4-9)12-8-2-7-11-12/h2-8H,1H3/i1D3. The Labute approximate surface area is 75.7 Å². The van der Waals surface area contributed by atoms with E-state index in [9.17, 15) is 0 Å². The van der Waals surface area contributed by atoms with Gasteiger partial charge in [-0.2, -0.15) is 5.10 Å². The van der Waals surface area contributed by atoms with Crippen molar-refractivity contribution in [3.05, 3.63) is 48.3 Å². The number of rotatable bonds is 1. The number of benzene rings is 1. The zero-order valence-electron chi connectivity index (χ0n) is 9.44. The Bertz CT molecular complexity index is 429. The number of nitrogens with zero attached hydrogens (tertiary/aromatic N) is 2. The molecular formula is C10H10N2. The smallest absolute Gasteiger partial charge is 0.0645 e. The van der Waals surface area contributed by atoms with E-state index in [2.05, 4.69) is 5.10 Å². The molecule has 0 bridgehead atoms. The Kier molecular flexibility index (Phi) is 1.04. The maximum Gasteiger partial charge on any atom is 0.0645 e. The van der Waals surface area contributed by atoms with Gasteiger partial charge in [0.1, 0.15) is 0 Å². The molecule has 0 aliphatic heterocycles. The predicted molar refractivity (Wildman–Crippen MR) is 48.3 cm³/mol. The molecule has 2 rings (SSSR count). The molecule has 0 atom stereocenters. The minimum Gasteiger partial charge on any atom is -0.241 e. The van der Waals surface area contributed by atoms with Crippen LogP contribution in [0.1, 0.15) is 9.68 Å². The third kappa shape index (κ3) is 1.23. The highest BCUT2D eigenvalue weighted by Gasteiger charge is 1.92. The SMILES string of the molecule is [2H]C([2H])([2H])c1ccc(-n2cccn2)cc1. The molecule has 0 aliphatic carbocycles. The monoisotopic (exact) mass is 161 g/mol. The molecule has 2 heteroatoms. The van der Waals surface area contributed by atoms with Gasteiger partial charge in [-0.15, -0.1) is 0 Å². The highest BCUT2D eigenvalue weighted by atomic mass is 15.3. The molecule has 0 radical (unpaired) electrons. The van der Waals surface area contributed by atoms with Gasteiger partial charge in [-0.25, -0.2) is 4.68 Å². The molecule has 0 fully saturated rings. The van der Waals surface area contributed by atoms with Crippen molar-refractivity contribution >= 4 is 0 Å². The largest absolute Gasteiger partial charge is 0.241 e. The molecule has 1 aromatic carbocycles. The Balaban J connectivity index is 2.33. The summed E-state index contributed by atoms with van der Waals surface area (Å²) in [5.74, 6) is 0. The fourth-order valence-electron chi connectivity index (χ4n) is 1.04. The van der Waals surface area contributed by atoms with Crippen molar-refractivity contribution in [3.8, 4) is 5.69 Å². The van der Waals surface area contributed by atoms with E-state index >= 15 is 0 Å². The van der Waals surface area contributed by atoms with Gasteiger partial charge in [0.15, 0.2) is 0 Å². The van der Waals surface area contributed by atoms with Gasteiger partial charge in [-0.1, -0.05) is 17.7 Å². The second-order valence-electron chi connectivity index (χ2n) is 2.50. The lowest BCUT2D eigenvalue weighted by molar-refractivity contribution is 0.880. The van der Waals surface area contributed by atoms with Gasteiger partial charge >= 0.3 is 0 Å². The third-order valence-electron chi connectivity index (χ3n) is 1.64. The van der Waals surface area contributed by atoms with E-state index in [0.717, 1.165) is 5.69 Å². The number of hydrogen-bond donors (Lipinski definition) is 0. The summed E-state index contributed by atoms with van der Waals surface area (Å²) in [5.41, 5.74) is 1.20. The van der Waals surface area contributed by atoms with E-state index in [1.54, 1.807) is 35.1 Å². The molecule has 0 aliphatic rings. The van der Waals surface area contributed by atoms with Crippen LogP contribution in [-0.4, -0.2) is 9.78 Å². The summed E-state index contributed by atoms with van der Waals surface area (Å²) < 4.78 is 23.4. The zero-order chi connectivity index (χ0) is 10.9. The van der Waals surface area contributed by atoms with Crippen LogP contribution in [0.3, 0.4) is 0 Å². The van der Waals surface area contributed by atoms with Crippen molar-refractivity contribution in [2.24, 2.45) is 0 Å². The maximum atomic E-state index is 7.23. The average Bonchev–Trinajstić information content (AvgIpc) is 2.69. The lowest BCUT2D eigenvalue weighted by Crippen LogP contribution is -1.92. The summed E-state index contributed by atoms with van der Waals surface area (Å²) in [4.78, 5) is 0. The fraction of sp³-hybridized carbons (Fsp3) is 0.100. The van der Waals surface area contributed by atoms with Crippen LogP contribution in [0, 0.1) is 6.85 Å². The first-order valence-corrected chi connectivity index (χ1v) is 3.68. The lowest BCUT2D eigenvalue weighted by Gasteiger charge is -2.00.